The number of para-hydroxylation sites is 2. The predicted molar refractivity (Wildman–Crippen MR) is 101 cm³/mol. The quantitative estimate of drug-likeness (QED) is 0.729. The molecule has 0 amide bonds. The molecule has 6 rings (SSSR count). The van der Waals surface area contributed by atoms with Gasteiger partial charge in [0.15, 0.2) is 11.5 Å². The number of hydrogen-bond donors (Lipinski definition) is 2. The molecule has 1 unspecified atom stereocenters. The van der Waals surface area contributed by atoms with Gasteiger partial charge in [-0.05, 0) is 61.2 Å². The first kappa shape index (κ1) is 15.2. The van der Waals surface area contributed by atoms with Crippen molar-refractivity contribution >= 4 is 11.4 Å². The van der Waals surface area contributed by atoms with Gasteiger partial charge in [-0.2, -0.15) is 5.21 Å². The topological polar surface area (TPSA) is 79.0 Å². The second-order valence-electron chi connectivity index (χ2n) is 7.62. The molecule has 1 aromatic heterocycles. The average molecular weight is 360 g/mol. The summed E-state index contributed by atoms with van der Waals surface area (Å²) in [6.07, 6.45) is 4.90. The predicted octanol–water partition coefficient (Wildman–Crippen LogP) is 3.39. The molecule has 0 spiro atoms. The summed E-state index contributed by atoms with van der Waals surface area (Å²) in [4.78, 5) is 2.49. The van der Waals surface area contributed by atoms with E-state index in [2.05, 4.69) is 49.0 Å². The first-order valence-corrected chi connectivity index (χ1v) is 9.55. The number of nitrogens with zero attached hydrogens (tertiary/aromatic N) is 4. The molecule has 2 fully saturated rings. The SMILES string of the molecule is c1ccc2c(c1)Oc1cc(-c3nn[nH]n3)ccc1N2C1C[C@H]2CC[C@@H](C1)N2. The van der Waals surface area contributed by atoms with Crippen LogP contribution < -0.4 is 15.0 Å². The van der Waals surface area contributed by atoms with Crippen molar-refractivity contribution in [1.29, 1.82) is 0 Å². The van der Waals surface area contributed by atoms with E-state index in [9.17, 15) is 0 Å². The van der Waals surface area contributed by atoms with E-state index >= 15 is 0 Å². The Morgan fingerprint density at radius 1 is 0.963 bits per heavy atom. The van der Waals surface area contributed by atoms with Gasteiger partial charge in [-0.25, -0.2) is 0 Å². The fraction of sp³-hybridized carbons (Fsp3) is 0.350. The van der Waals surface area contributed by atoms with Crippen molar-refractivity contribution in [3.05, 3.63) is 42.5 Å². The van der Waals surface area contributed by atoms with E-state index in [0.717, 1.165) is 41.3 Å². The lowest BCUT2D eigenvalue weighted by molar-refractivity contribution is 0.353. The van der Waals surface area contributed by atoms with E-state index in [1.165, 1.54) is 12.8 Å². The highest BCUT2D eigenvalue weighted by Crippen LogP contribution is 2.50. The van der Waals surface area contributed by atoms with Crippen LogP contribution in [0.5, 0.6) is 11.5 Å². The van der Waals surface area contributed by atoms with Crippen LogP contribution in [0.4, 0.5) is 11.4 Å². The molecule has 3 aromatic rings. The molecule has 27 heavy (non-hydrogen) atoms. The van der Waals surface area contributed by atoms with E-state index in [0.29, 0.717) is 23.9 Å². The zero-order chi connectivity index (χ0) is 17.8. The Hall–Kier alpha value is -2.93. The highest BCUT2D eigenvalue weighted by Gasteiger charge is 2.39. The maximum absolute atomic E-state index is 6.26. The maximum atomic E-state index is 6.26. The number of rotatable bonds is 2. The average Bonchev–Trinajstić information content (AvgIpc) is 3.35. The summed E-state index contributed by atoms with van der Waals surface area (Å²) >= 11 is 0. The van der Waals surface area contributed by atoms with Gasteiger partial charge in [-0.1, -0.05) is 12.1 Å². The molecule has 2 saturated heterocycles. The summed E-state index contributed by atoms with van der Waals surface area (Å²) in [6.45, 7) is 0. The lowest BCUT2D eigenvalue weighted by atomic mass is 9.95. The molecule has 2 aromatic carbocycles. The molecule has 3 aliphatic rings. The Labute approximate surface area is 156 Å². The molecule has 0 radical (unpaired) electrons. The van der Waals surface area contributed by atoms with Crippen molar-refractivity contribution < 1.29 is 4.74 Å². The lowest BCUT2D eigenvalue weighted by Crippen LogP contribution is -2.47. The van der Waals surface area contributed by atoms with E-state index in [1.807, 2.05) is 24.3 Å². The van der Waals surface area contributed by atoms with Gasteiger partial charge in [0.2, 0.25) is 5.82 Å². The summed E-state index contributed by atoms with van der Waals surface area (Å²) in [5, 5.41) is 18.1. The number of tetrazole rings is 1. The Bertz CT molecular complexity index is 976. The number of piperidine rings is 1. The van der Waals surface area contributed by atoms with E-state index in [-0.39, 0.29) is 0 Å². The molecule has 4 heterocycles. The Kier molecular flexibility index (Phi) is 3.25. The van der Waals surface area contributed by atoms with Crippen molar-refractivity contribution in [2.45, 2.75) is 43.8 Å². The maximum Gasteiger partial charge on any atom is 0.204 e. The second kappa shape index (κ2) is 5.79. The Morgan fingerprint density at radius 3 is 2.59 bits per heavy atom. The van der Waals surface area contributed by atoms with Gasteiger partial charge in [-0.3, -0.25) is 0 Å². The van der Waals surface area contributed by atoms with Crippen molar-refractivity contribution in [3.63, 3.8) is 0 Å². The molecule has 3 aliphatic heterocycles. The normalized spacial score (nSPS) is 25.6. The van der Waals surface area contributed by atoms with Crippen molar-refractivity contribution in [1.82, 2.24) is 25.9 Å². The van der Waals surface area contributed by atoms with Gasteiger partial charge in [0.05, 0.1) is 11.4 Å². The number of ether oxygens (including phenoxy) is 1. The number of fused-ring (bicyclic) bond motifs is 4. The van der Waals surface area contributed by atoms with E-state index in [4.69, 9.17) is 4.74 Å². The first-order valence-electron chi connectivity index (χ1n) is 9.55. The molecular weight excluding hydrogens is 340 g/mol. The fourth-order valence-corrected chi connectivity index (χ4v) is 4.84. The van der Waals surface area contributed by atoms with Gasteiger partial charge < -0.3 is 15.0 Å². The molecule has 3 atom stereocenters. The number of aromatic amines is 1. The zero-order valence-corrected chi connectivity index (χ0v) is 14.8. The van der Waals surface area contributed by atoms with Crippen LogP contribution in [-0.2, 0) is 0 Å². The number of H-pyrrole nitrogens is 1. The van der Waals surface area contributed by atoms with Gasteiger partial charge in [0, 0.05) is 23.7 Å². The van der Waals surface area contributed by atoms with Crippen molar-refractivity contribution in [3.8, 4) is 22.9 Å². The Balaban J connectivity index is 1.46. The number of hydrogen-bond acceptors (Lipinski definition) is 6. The van der Waals surface area contributed by atoms with Crippen LogP contribution in [0.3, 0.4) is 0 Å². The number of anilines is 2. The third-order valence-corrected chi connectivity index (χ3v) is 5.98. The van der Waals surface area contributed by atoms with Crippen LogP contribution in [-0.4, -0.2) is 38.7 Å². The molecule has 7 nitrogen and oxygen atoms in total. The van der Waals surface area contributed by atoms with Gasteiger partial charge in [0.25, 0.3) is 0 Å². The van der Waals surface area contributed by atoms with Crippen LogP contribution in [0.25, 0.3) is 11.4 Å². The lowest BCUT2D eigenvalue weighted by Gasteiger charge is -2.42. The summed E-state index contributed by atoms with van der Waals surface area (Å²) in [7, 11) is 0. The minimum atomic E-state index is 0.476. The van der Waals surface area contributed by atoms with Gasteiger partial charge in [0.1, 0.15) is 0 Å². The Morgan fingerprint density at radius 2 is 1.78 bits per heavy atom. The molecule has 0 saturated carbocycles. The second-order valence-corrected chi connectivity index (χ2v) is 7.62. The van der Waals surface area contributed by atoms with Crippen molar-refractivity contribution in [2.75, 3.05) is 4.90 Å². The third kappa shape index (κ3) is 2.42. The van der Waals surface area contributed by atoms with Crippen LogP contribution in [0.1, 0.15) is 25.7 Å². The molecule has 0 aliphatic carbocycles. The number of nitrogens with one attached hydrogen (secondary N) is 2. The third-order valence-electron chi connectivity index (χ3n) is 5.98. The van der Waals surface area contributed by atoms with Crippen LogP contribution in [0.2, 0.25) is 0 Å². The molecule has 2 bridgehead atoms. The molecule has 2 N–H and O–H groups in total. The largest absolute Gasteiger partial charge is 0.453 e. The van der Waals surface area contributed by atoms with Crippen LogP contribution >= 0.6 is 0 Å². The number of aromatic nitrogens is 4. The van der Waals surface area contributed by atoms with Crippen molar-refractivity contribution in [2.24, 2.45) is 0 Å². The van der Waals surface area contributed by atoms with E-state index in [1.54, 1.807) is 0 Å². The zero-order valence-electron chi connectivity index (χ0n) is 14.8. The van der Waals surface area contributed by atoms with Gasteiger partial charge in [-0.15, -0.1) is 10.2 Å². The molecule has 136 valence electrons. The highest BCUT2D eigenvalue weighted by molar-refractivity contribution is 5.80. The fourth-order valence-electron chi connectivity index (χ4n) is 4.84. The summed E-state index contributed by atoms with van der Waals surface area (Å²) < 4.78 is 6.26. The minimum Gasteiger partial charge on any atom is -0.453 e. The minimum absolute atomic E-state index is 0.476. The van der Waals surface area contributed by atoms with Crippen LogP contribution in [0.15, 0.2) is 42.5 Å². The molecule has 7 heteroatoms. The summed E-state index contributed by atoms with van der Waals surface area (Å²) in [5.41, 5.74) is 3.17. The monoisotopic (exact) mass is 360 g/mol. The van der Waals surface area contributed by atoms with E-state index < -0.39 is 0 Å². The molecular formula is C20H20N6O. The standard InChI is InChI=1S/C20H20N6O/c1-2-4-18-16(3-1)26(15-10-13-6-7-14(11-15)21-13)17-8-5-12(9-19(17)27-18)20-22-24-25-23-20/h1-5,8-9,13-15,21H,6-7,10-11H2,(H,22,23,24,25)/t13-,14+,15?. The summed E-state index contributed by atoms with van der Waals surface area (Å²) in [5.74, 6) is 2.33. The summed E-state index contributed by atoms with van der Waals surface area (Å²) in [6, 6.07) is 16.2. The smallest absolute Gasteiger partial charge is 0.204 e. The van der Waals surface area contributed by atoms with Crippen LogP contribution in [0, 0.1) is 0 Å². The van der Waals surface area contributed by atoms with Gasteiger partial charge >= 0.3 is 0 Å². The number of benzene rings is 2. The first-order chi connectivity index (χ1) is 13.3. The highest BCUT2D eigenvalue weighted by atomic mass is 16.5.